The monoisotopic (exact) mass is 206 g/mol. The van der Waals surface area contributed by atoms with E-state index >= 15 is 0 Å². The molecule has 2 heteroatoms. The van der Waals surface area contributed by atoms with Gasteiger partial charge in [-0.15, -0.1) is 0 Å². The number of nitrogens with two attached hydrogens (primary N) is 1. The lowest BCUT2D eigenvalue weighted by Crippen LogP contribution is -2.31. The van der Waals surface area contributed by atoms with Gasteiger partial charge < -0.3 is 10.6 Å². The van der Waals surface area contributed by atoms with Gasteiger partial charge in [0.2, 0.25) is 0 Å². The molecule has 84 valence electrons. The summed E-state index contributed by atoms with van der Waals surface area (Å²) in [4.78, 5) is 2.10. The normalized spacial score (nSPS) is 17.9. The first-order valence-electron chi connectivity index (χ1n) is 5.51. The zero-order chi connectivity index (χ0) is 11.8. The van der Waals surface area contributed by atoms with Gasteiger partial charge >= 0.3 is 0 Å². The third-order valence-corrected chi connectivity index (χ3v) is 2.83. The third kappa shape index (κ3) is 2.10. The van der Waals surface area contributed by atoms with E-state index in [0.29, 0.717) is 0 Å². The molecular formula is C13H22N2. The summed E-state index contributed by atoms with van der Waals surface area (Å²) in [5, 5.41) is 0. The lowest BCUT2D eigenvalue weighted by Gasteiger charge is -2.32. The first kappa shape index (κ1) is 11.9. The van der Waals surface area contributed by atoms with Gasteiger partial charge in [-0.25, -0.2) is 0 Å². The highest BCUT2D eigenvalue weighted by Crippen LogP contribution is 2.34. The van der Waals surface area contributed by atoms with Crippen LogP contribution >= 0.6 is 0 Å². The lowest BCUT2D eigenvalue weighted by molar-refractivity contribution is 0.423. The maximum atomic E-state index is 6.13. The van der Waals surface area contributed by atoms with Crippen LogP contribution in [0.1, 0.15) is 41.5 Å². The highest BCUT2D eigenvalue weighted by atomic mass is 15.2. The molecule has 1 aliphatic rings. The molecule has 0 aromatic carbocycles. The van der Waals surface area contributed by atoms with E-state index < -0.39 is 0 Å². The van der Waals surface area contributed by atoms with Gasteiger partial charge in [0.1, 0.15) is 5.82 Å². The maximum Gasteiger partial charge on any atom is 0.107 e. The molecule has 15 heavy (non-hydrogen) atoms. The minimum Gasteiger partial charge on any atom is -0.385 e. The maximum absolute atomic E-state index is 6.13. The molecule has 1 aliphatic heterocycles. The third-order valence-electron chi connectivity index (χ3n) is 2.83. The first-order valence-corrected chi connectivity index (χ1v) is 5.51. The number of rotatable bonds is 1. The van der Waals surface area contributed by atoms with Crippen LogP contribution in [-0.4, -0.2) is 11.4 Å². The van der Waals surface area contributed by atoms with Crippen molar-refractivity contribution in [2.45, 2.75) is 41.5 Å². The van der Waals surface area contributed by atoms with Crippen LogP contribution in [0.3, 0.4) is 0 Å². The van der Waals surface area contributed by atoms with Crippen LogP contribution in [0.4, 0.5) is 0 Å². The van der Waals surface area contributed by atoms with Crippen molar-refractivity contribution < 1.29 is 0 Å². The van der Waals surface area contributed by atoms with Gasteiger partial charge in [0.25, 0.3) is 0 Å². The van der Waals surface area contributed by atoms with Crippen molar-refractivity contribution in [2.75, 3.05) is 6.54 Å². The number of nitrogens with zero attached hydrogens (tertiary/aromatic N) is 1. The molecule has 0 bridgehead atoms. The topological polar surface area (TPSA) is 29.3 Å². The fourth-order valence-corrected chi connectivity index (χ4v) is 2.01. The second-order valence-corrected chi connectivity index (χ2v) is 5.09. The highest BCUT2D eigenvalue weighted by molar-refractivity contribution is 5.40. The van der Waals surface area contributed by atoms with E-state index in [0.717, 1.165) is 23.6 Å². The summed E-state index contributed by atoms with van der Waals surface area (Å²) < 4.78 is 0. The number of hydrogen-bond acceptors (Lipinski definition) is 2. The van der Waals surface area contributed by atoms with Crippen LogP contribution in [0, 0.1) is 5.41 Å². The lowest BCUT2D eigenvalue weighted by atomic mass is 9.81. The molecule has 0 radical (unpaired) electrons. The fraction of sp³-hybridized carbons (Fsp3) is 0.615. The molecule has 2 N–H and O–H groups in total. The molecule has 0 atom stereocenters. The molecule has 0 saturated heterocycles. The predicted octanol–water partition coefficient (Wildman–Crippen LogP) is 2.99. The standard InChI is InChI=1S/C13H22N2/c1-7-15-9(2)8-11(13(4,5)6)10(3)12(15)14/h7,14H2,1-6H3. The SMILES string of the molecule is CCN1C(C)=C=C(C(C)(C)C)C(C)=C1N. The Labute approximate surface area is 93.1 Å². The minimum atomic E-state index is 0.107. The predicted molar refractivity (Wildman–Crippen MR) is 64.9 cm³/mol. The summed E-state index contributed by atoms with van der Waals surface area (Å²) >= 11 is 0. The molecule has 0 amide bonds. The van der Waals surface area contributed by atoms with E-state index in [-0.39, 0.29) is 5.41 Å². The summed E-state index contributed by atoms with van der Waals surface area (Å²) in [7, 11) is 0. The second kappa shape index (κ2) is 3.79. The van der Waals surface area contributed by atoms with Crippen molar-refractivity contribution in [2.24, 2.45) is 11.1 Å². The van der Waals surface area contributed by atoms with Gasteiger partial charge in [0, 0.05) is 17.7 Å². The van der Waals surface area contributed by atoms with Gasteiger partial charge in [-0.1, -0.05) is 26.5 Å². The first-order chi connectivity index (χ1) is 6.79. The fourth-order valence-electron chi connectivity index (χ4n) is 2.01. The molecule has 0 aromatic rings. The molecular weight excluding hydrogens is 184 g/mol. The van der Waals surface area contributed by atoms with Crippen LogP contribution < -0.4 is 5.73 Å². The number of allylic oxidation sites excluding steroid dienone is 2. The Morgan fingerprint density at radius 1 is 1.27 bits per heavy atom. The Hall–Kier alpha value is -1.14. The van der Waals surface area contributed by atoms with Crippen molar-refractivity contribution >= 4 is 0 Å². The summed E-state index contributed by atoms with van der Waals surface area (Å²) in [5.74, 6) is 0.874. The summed E-state index contributed by atoms with van der Waals surface area (Å²) in [5.41, 5.74) is 13.2. The zero-order valence-corrected chi connectivity index (χ0v) is 10.7. The van der Waals surface area contributed by atoms with Crippen molar-refractivity contribution in [3.63, 3.8) is 0 Å². The van der Waals surface area contributed by atoms with Crippen molar-refractivity contribution in [3.05, 3.63) is 28.4 Å². The van der Waals surface area contributed by atoms with Crippen LogP contribution in [0.15, 0.2) is 28.4 Å². The largest absolute Gasteiger partial charge is 0.385 e. The summed E-state index contributed by atoms with van der Waals surface area (Å²) in [6.07, 6.45) is 0. The van der Waals surface area contributed by atoms with Gasteiger partial charge in [-0.3, -0.25) is 0 Å². The van der Waals surface area contributed by atoms with E-state index in [2.05, 4.69) is 52.2 Å². The highest BCUT2D eigenvalue weighted by Gasteiger charge is 2.25. The summed E-state index contributed by atoms with van der Waals surface area (Å²) in [6, 6.07) is 0. The average molecular weight is 206 g/mol. The average Bonchev–Trinajstić information content (AvgIpc) is 2.10. The Balaban J connectivity index is 3.36. The number of hydrogen-bond donors (Lipinski definition) is 1. The molecule has 1 heterocycles. The Kier molecular flexibility index (Phi) is 3.01. The molecule has 0 saturated carbocycles. The van der Waals surface area contributed by atoms with E-state index in [4.69, 9.17) is 5.73 Å². The van der Waals surface area contributed by atoms with Gasteiger partial charge in [-0.2, -0.15) is 0 Å². The molecule has 1 rings (SSSR count). The van der Waals surface area contributed by atoms with Crippen molar-refractivity contribution in [1.29, 1.82) is 0 Å². The molecule has 0 aromatic heterocycles. The Morgan fingerprint density at radius 3 is 2.20 bits per heavy atom. The Bertz CT molecular complexity index is 360. The molecule has 0 unspecified atom stereocenters. The summed E-state index contributed by atoms with van der Waals surface area (Å²) in [6.45, 7) is 13.7. The van der Waals surface area contributed by atoms with E-state index in [9.17, 15) is 0 Å². The van der Waals surface area contributed by atoms with E-state index in [1.807, 2.05) is 0 Å². The minimum absolute atomic E-state index is 0.107. The van der Waals surface area contributed by atoms with Gasteiger partial charge in [0.15, 0.2) is 0 Å². The van der Waals surface area contributed by atoms with Crippen LogP contribution in [-0.2, 0) is 0 Å². The van der Waals surface area contributed by atoms with Crippen LogP contribution in [0.5, 0.6) is 0 Å². The van der Waals surface area contributed by atoms with Crippen LogP contribution in [0.25, 0.3) is 0 Å². The molecule has 0 fully saturated rings. The zero-order valence-electron chi connectivity index (χ0n) is 10.7. The smallest absolute Gasteiger partial charge is 0.107 e. The second-order valence-electron chi connectivity index (χ2n) is 5.09. The van der Waals surface area contributed by atoms with E-state index in [1.54, 1.807) is 0 Å². The quantitative estimate of drug-likeness (QED) is 0.668. The Morgan fingerprint density at radius 2 is 1.80 bits per heavy atom. The van der Waals surface area contributed by atoms with Gasteiger partial charge in [0.05, 0.1) is 5.70 Å². The van der Waals surface area contributed by atoms with E-state index in [1.165, 1.54) is 5.57 Å². The van der Waals surface area contributed by atoms with Crippen molar-refractivity contribution in [1.82, 2.24) is 4.90 Å². The molecule has 0 aliphatic carbocycles. The van der Waals surface area contributed by atoms with Crippen LogP contribution in [0.2, 0.25) is 0 Å². The molecule has 0 spiro atoms. The molecule has 2 nitrogen and oxygen atoms in total. The van der Waals surface area contributed by atoms with Crippen molar-refractivity contribution in [3.8, 4) is 0 Å². The van der Waals surface area contributed by atoms with Gasteiger partial charge in [-0.05, 0) is 26.2 Å².